The molecule has 0 radical (unpaired) electrons. The third-order valence-electron chi connectivity index (χ3n) is 2.42. The van der Waals surface area contributed by atoms with Gasteiger partial charge in [-0.25, -0.2) is 4.98 Å². The first-order valence-electron chi connectivity index (χ1n) is 5.15. The number of H-pyrrole nitrogens is 1. The lowest BCUT2D eigenvalue weighted by Gasteiger charge is -2.08. The van der Waals surface area contributed by atoms with E-state index in [-0.39, 0.29) is 21.8 Å². The van der Waals surface area contributed by atoms with Crippen LogP contribution in [0.1, 0.15) is 5.56 Å². The van der Waals surface area contributed by atoms with Gasteiger partial charge in [0.1, 0.15) is 10.2 Å². The highest BCUT2D eigenvalue weighted by Crippen LogP contribution is 2.31. The van der Waals surface area contributed by atoms with Crippen molar-refractivity contribution in [2.75, 3.05) is 0 Å². The third kappa shape index (κ3) is 2.63. The van der Waals surface area contributed by atoms with Crippen molar-refractivity contribution in [2.45, 2.75) is 6.92 Å². The van der Waals surface area contributed by atoms with Crippen LogP contribution in [-0.4, -0.2) is 14.9 Å². The van der Waals surface area contributed by atoms with Gasteiger partial charge in [0.2, 0.25) is 5.88 Å². The summed E-state index contributed by atoms with van der Waals surface area (Å²) in [5.41, 5.74) is -0.0898. The maximum Gasteiger partial charge on any atom is 0.276 e. The molecule has 0 aliphatic carbocycles. The van der Waals surface area contributed by atoms with Crippen LogP contribution in [0.2, 0.25) is 0 Å². The van der Waals surface area contributed by atoms with Crippen LogP contribution in [0, 0.1) is 17.0 Å². The zero-order valence-corrected chi connectivity index (χ0v) is 11.3. The van der Waals surface area contributed by atoms with Crippen LogP contribution in [0.25, 0.3) is 0 Å². The van der Waals surface area contributed by atoms with Gasteiger partial charge in [0.25, 0.3) is 11.2 Å². The molecule has 1 aromatic heterocycles. The predicted molar refractivity (Wildman–Crippen MR) is 70.5 cm³/mol. The van der Waals surface area contributed by atoms with E-state index in [0.717, 1.165) is 0 Å². The quantitative estimate of drug-likeness (QED) is 0.690. The Morgan fingerprint density at radius 3 is 2.89 bits per heavy atom. The number of benzene rings is 1. The number of aromatic nitrogens is 2. The highest BCUT2D eigenvalue weighted by Gasteiger charge is 2.16. The summed E-state index contributed by atoms with van der Waals surface area (Å²) in [5, 5.41) is 10.8. The molecule has 0 saturated carbocycles. The summed E-state index contributed by atoms with van der Waals surface area (Å²) in [7, 11) is 0. The van der Waals surface area contributed by atoms with Crippen LogP contribution in [0.4, 0.5) is 5.69 Å². The Labute approximate surface area is 115 Å². The highest BCUT2D eigenvalue weighted by molar-refractivity contribution is 9.10. The van der Waals surface area contributed by atoms with Gasteiger partial charge in [-0.05, 0) is 28.9 Å². The SMILES string of the molecule is Cc1c(Oc2nc[nH]c(=O)c2Br)cccc1[N+](=O)[O-]. The van der Waals surface area contributed by atoms with Gasteiger partial charge in [-0.15, -0.1) is 0 Å². The molecule has 1 heterocycles. The summed E-state index contributed by atoms with van der Waals surface area (Å²) in [6, 6.07) is 4.45. The van der Waals surface area contributed by atoms with Crippen LogP contribution < -0.4 is 10.3 Å². The predicted octanol–water partition coefficient (Wildman–Crippen LogP) is 2.54. The molecular weight excluding hydrogens is 318 g/mol. The molecular formula is C11H8BrN3O4. The standard InChI is InChI=1S/C11H8BrN3O4/c1-6-7(15(17)18)3-2-4-8(6)19-11-9(12)10(16)13-5-14-11/h2-5H,1H3,(H,13,14,16). The van der Waals surface area contributed by atoms with Gasteiger partial charge < -0.3 is 9.72 Å². The maximum absolute atomic E-state index is 11.4. The molecule has 0 aliphatic rings. The first-order valence-corrected chi connectivity index (χ1v) is 5.95. The van der Waals surface area contributed by atoms with Crippen molar-refractivity contribution >= 4 is 21.6 Å². The van der Waals surface area contributed by atoms with Gasteiger partial charge in [0.05, 0.1) is 16.8 Å². The minimum atomic E-state index is -0.498. The van der Waals surface area contributed by atoms with Crippen molar-refractivity contribution in [3.8, 4) is 11.6 Å². The summed E-state index contributed by atoms with van der Waals surface area (Å²) in [6.07, 6.45) is 1.19. The van der Waals surface area contributed by atoms with Crippen molar-refractivity contribution in [3.63, 3.8) is 0 Å². The lowest BCUT2D eigenvalue weighted by Crippen LogP contribution is -2.08. The summed E-state index contributed by atoms with van der Waals surface area (Å²) < 4.78 is 5.55. The molecule has 1 N–H and O–H groups in total. The second-order valence-electron chi connectivity index (χ2n) is 3.61. The Hall–Kier alpha value is -2.22. The van der Waals surface area contributed by atoms with E-state index >= 15 is 0 Å². The lowest BCUT2D eigenvalue weighted by molar-refractivity contribution is -0.385. The van der Waals surface area contributed by atoms with Gasteiger partial charge in [-0.1, -0.05) is 6.07 Å². The molecule has 0 unspecified atom stereocenters. The second kappa shape index (κ2) is 5.19. The number of hydrogen-bond donors (Lipinski definition) is 1. The molecule has 19 heavy (non-hydrogen) atoms. The molecule has 0 saturated heterocycles. The van der Waals surface area contributed by atoms with Crippen molar-refractivity contribution in [2.24, 2.45) is 0 Å². The van der Waals surface area contributed by atoms with Gasteiger partial charge >= 0.3 is 0 Å². The topological polar surface area (TPSA) is 98.1 Å². The van der Waals surface area contributed by atoms with Crippen molar-refractivity contribution in [1.82, 2.24) is 9.97 Å². The first kappa shape index (κ1) is 13.2. The largest absolute Gasteiger partial charge is 0.437 e. The molecule has 0 bridgehead atoms. The summed E-state index contributed by atoms with van der Waals surface area (Å²) in [5.74, 6) is 0.320. The first-order chi connectivity index (χ1) is 9.00. The van der Waals surface area contributed by atoms with Crippen molar-refractivity contribution < 1.29 is 9.66 Å². The van der Waals surface area contributed by atoms with E-state index in [0.29, 0.717) is 5.56 Å². The smallest absolute Gasteiger partial charge is 0.276 e. The van der Waals surface area contributed by atoms with Crippen LogP contribution in [-0.2, 0) is 0 Å². The maximum atomic E-state index is 11.4. The number of ether oxygens (including phenoxy) is 1. The Morgan fingerprint density at radius 1 is 1.47 bits per heavy atom. The zero-order valence-electron chi connectivity index (χ0n) is 9.71. The number of nitro groups is 1. The molecule has 0 aliphatic heterocycles. The number of nitrogens with one attached hydrogen (secondary N) is 1. The Balaban J connectivity index is 2.44. The van der Waals surface area contributed by atoms with Crippen LogP contribution in [0.5, 0.6) is 11.6 Å². The Kier molecular flexibility index (Phi) is 3.61. The van der Waals surface area contributed by atoms with Crippen LogP contribution in [0.3, 0.4) is 0 Å². The lowest BCUT2D eigenvalue weighted by atomic mass is 10.2. The third-order valence-corrected chi connectivity index (χ3v) is 3.12. The highest BCUT2D eigenvalue weighted by atomic mass is 79.9. The number of halogens is 1. The molecule has 0 atom stereocenters. The van der Waals surface area contributed by atoms with E-state index in [4.69, 9.17) is 4.74 Å². The fourth-order valence-corrected chi connectivity index (χ4v) is 1.75. The van der Waals surface area contributed by atoms with E-state index in [2.05, 4.69) is 25.9 Å². The molecule has 2 aromatic rings. The monoisotopic (exact) mass is 325 g/mol. The fraction of sp³-hybridized carbons (Fsp3) is 0.0909. The van der Waals surface area contributed by atoms with Crippen molar-refractivity contribution in [1.29, 1.82) is 0 Å². The number of nitro benzene ring substituents is 1. The van der Waals surface area contributed by atoms with Gasteiger partial charge in [-0.3, -0.25) is 14.9 Å². The Morgan fingerprint density at radius 2 is 2.21 bits per heavy atom. The van der Waals surface area contributed by atoms with Gasteiger partial charge in [-0.2, -0.15) is 0 Å². The van der Waals surface area contributed by atoms with E-state index in [9.17, 15) is 14.9 Å². The molecule has 7 nitrogen and oxygen atoms in total. The molecule has 0 amide bonds. The van der Waals surface area contributed by atoms with E-state index < -0.39 is 10.5 Å². The number of aromatic amines is 1. The molecule has 8 heteroatoms. The van der Waals surface area contributed by atoms with Crippen molar-refractivity contribution in [3.05, 3.63) is 55.0 Å². The van der Waals surface area contributed by atoms with Gasteiger partial charge in [0.15, 0.2) is 0 Å². The molecule has 0 fully saturated rings. The second-order valence-corrected chi connectivity index (χ2v) is 4.40. The fourth-order valence-electron chi connectivity index (χ4n) is 1.45. The average molecular weight is 326 g/mol. The minimum Gasteiger partial charge on any atom is -0.437 e. The Bertz CT molecular complexity index is 699. The zero-order chi connectivity index (χ0) is 14.0. The number of hydrogen-bond acceptors (Lipinski definition) is 5. The molecule has 98 valence electrons. The summed E-state index contributed by atoms with van der Waals surface area (Å²) in [4.78, 5) is 27.9. The number of nitrogens with zero attached hydrogens (tertiary/aromatic N) is 2. The molecule has 0 spiro atoms. The minimum absolute atomic E-state index is 0.0485. The average Bonchev–Trinajstić information content (AvgIpc) is 2.37. The summed E-state index contributed by atoms with van der Waals surface area (Å²) >= 11 is 3.04. The molecule has 1 aromatic carbocycles. The normalized spacial score (nSPS) is 10.2. The van der Waals surface area contributed by atoms with E-state index in [1.54, 1.807) is 13.0 Å². The van der Waals surface area contributed by atoms with E-state index in [1.165, 1.54) is 18.5 Å². The van der Waals surface area contributed by atoms with Crippen LogP contribution >= 0.6 is 15.9 Å². The summed E-state index contributed by atoms with van der Waals surface area (Å²) in [6.45, 7) is 1.56. The van der Waals surface area contributed by atoms with Gasteiger partial charge in [0, 0.05) is 6.07 Å². The molecule has 2 rings (SSSR count). The number of rotatable bonds is 3. The van der Waals surface area contributed by atoms with Crippen LogP contribution in [0.15, 0.2) is 33.8 Å². The van der Waals surface area contributed by atoms with E-state index in [1.807, 2.05) is 0 Å².